The monoisotopic (exact) mass is 377 g/mol. The zero-order chi connectivity index (χ0) is 13.0. The molecule has 0 N–H and O–H groups in total. The fourth-order valence-electron chi connectivity index (χ4n) is 3.03. The van der Waals surface area contributed by atoms with Gasteiger partial charge < -0.3 is 0 Å². The lowest BCUT2D eigenvalue weighted by atomic mass is 9.75. The molecule has 1 heterocycles. The lowest BCUT2D eigenvalue weighted by Crippen LogP contribution is -2.36. The molecular formula is C13H21Br2N3. The molecule has 18 heavy (non-hydrogen) atoms. The van der Waals surface area contributed by atoms with Gasteiger partial charge in [0.15, 0.2) is 0 Å². The number of hydrogen-bond acceptors (Lipinski definition) is 2. The summed E-state index contributed by atoms with van der Waals surface area (Å²) >= 11 is 7.50. The van der Waals surface area contributed by atoms with Gasteiger partial charge in [0.2, 0.25) is 0 Å². The van der Waals surface area contributed by atoms with Crippen LogP contribution in [0.4, 0.5) is 0 Å². The van der Waals surface area contributed by atoms with Crippen molar-refractivity contribution in [2.45, 2.75) is 45.6 Å². The minimum Gasteiger partial charge on any atom is -0.250 e. The number of hydrogen-bond donors (Lipinski definition) is 0. The van der Waals surface area contributed by atoms with Crippen LogP contribution in [-0.2, 0) is 13.0 Å². The van der Waals surface area contributed by atoms with Crippen molar-refractivity contribution in [3.8, 4) is 0 Å². The Balaban J connectivity index is 2.19. The highest BCUT2D eigenvalue weighted by Crippen LogP contribution is 2.44. The van der Waals surface area contributed by atoms with E-state index in [1.807, 2.05) is 4.68 Å². The van der Waals surface area contributed by atoms with Crippen molar-refractivity contribution < 1.29 is 0 Å². The lowest BCUT2D eigenvalue weighted by Gasteiger charge is -2.36. The van der Waals surface area contributed by atoms with Crippen LogP contribution in [-0.4, -0.2) is 25.4 Å². The Bertz CT molecular complexity index is 368. The maximum Gasteiger partial charge on any atom is 0.138 e. The van der Waals surface area contributed by atoms with E-state index >= 15 is 0 Å². The highest BCUT2D eigenvalue weighted by Gasteiger charge is 2.39. The summed E-state index contributed by atoms with van der Waals surface area (Å²) < 4.78 is 2.02. The SMILES string of the molecule is CCn1ncnc1CC(CBr)(CBr)C1CCCC1. The van der Waals surface area contributed by atoms with Gasteiger partial charge in [0.1, 0.15) is 12.2 Å². The van der Waals surface area contributed by atoms with Crippen LogP contribution >= 0.6 is 31.9 Å². The van der Waals surface area contributed by atoms with Crippen molar-refractivity contribution >= 4 is 31.9 Å². The van der Waals surface area contributed by atoms with Crippen molar-refractivity contribution in [2.75, 3.05) is 10.7 Å². The molecule has 1 saturated carbocycles. The highest BCUT2D eigenvalue weighted by molar-refractivity contribution is 9.09. The summed E-state index contributed by atoms with van der Waals surface area (Å²) in [5, 5.41) is 6.36. The molecule has 1 aliphatic rings. The quantitative estimate of drug-likeness (QED) is 0.704. The molecule has 102 valence electrons. The molecule has 1 aromatic heterocycles. The van der Waals surface area contributed by atoms with Crippen molar-refractivity contribution in [3.63, 3.8) is 0 Å². The number of aromatic nitrogens is 3. The molecule has 1 fully saturated rings. The van der Waals surface area contributed by atoms with Gasteiger partial charge in [-0.2, -0.15) is 5.10 Å². The molecule has 0 spiro atoms. The van der Waals surface area contributed by atoms with Crippen LogP contribution in [0, 0.1) is 11.3 Å². The molecule has 1 aromatic rings. The minimum absolute atomic E-state index is 0.288. The van der Waals surface area contributed by atoms with E-state index in [0.717, 1.165) is 35.4 Å². The standard InChI is InChI=1S/C13H21Br2N3/c1-2-18-12(16-10-17-18)7-13(8-14,9-15)11-5-3-4-6-11/h10-11H,2-9H2,1H3. The molecule has 0 atom stereocenters. The first-order chi connectivity index (χ1) is 8.75. The predicted octanol–water partition coefficient (Wildman–Crippen LogP) is 3.81. The largest absolute Gasteiger partial charge is 0.250 e. The lowest BCUT2D eigenvalue weighted by molar-refractivity contribution is 0.225. The van der Waals surface area contributed by atoms with Gasteiger partial charge in [0.25, 0.3) is 0 Å². The Morgan fingerprint density at radius 2 is 2.00 bits per heavy atom. The first kappa shape index (κ1) is 14.5. The van der Waals surface area contributed by atoms with Crippen LogP contribution in [0.15, 0.2) is 6.33 Å². The van der Waals surface area contributed by atoms with Gasteiger partial charge in [0, 0.05) is 23.6 Å². The Morgan fingerprint density at radius 1 is 1.33 bits per heavy atom. The Hall–Kier alpha value is 0.100. The first-order valence-electron chi connectivity index (χ1n) is 6.74. The zero-order valence-corrected chi connectivity index (χ0v) is 14.1. The number of halogens is 2. The summed E-state index contributed by atoms with van der Waals surface area (Å²) in [7, 11) is 0. The van der Waals surface area contributed by atoms with Gasteiger partial charge in [-0.15, -0.1) is 0 Å². The number of aryl methyl sites for hydroxylation is 1. The Kier molecular flexibility index (Phi) is 5.24. The zero-order valence-electron chi connectivity index (χ0n) is 10.9. The number of rotatable bonds is 6. The molecule has 0 aliphatic heterocycles. The van der Waals surface area contributed by atoms with Crippen molar-refractivity contribution in [1.29, 1.82) is 0 Å². The van der Waals surface area contributed by atoms with Crippen molar-refractivity contribution in [3.05, 3.63) is 12.2 Å². The smallest absolute Gasteiger partial charge is 0.138 e. The first-order valence-corrected chi connectivity index (χ1v) is 8.98. The third-order valence-corrected chi connectivity index (χ3v) is 6.49. The molecule has 0 amide bonds. The van der Waals surface area contributed by atoms with E-state index in [2.05, 4.69) is 48.9 Å². The van der Waals surface area contributed by atoms with E-state index in [4.69, 9.17) is 0 Å². The molecule has 0 unspecified atom stereocenters. The summed E-state index contributed by atoms with van der Waals surface area (Å²) in [5.74, 6) is 1.93. The fourth-order valence-corrected chi connectivity index (χ4v) is 5.28. The molecule has 0 radical (unpaired) electrons. The van der Waals surface area contributed by atoms with Crippen LogP contribution in [0.25, 0.3) is 0 Å². The third-order valence-electron chi connectivity index (χ3n) is 4.26. The summed E-state index contributed by atoms with van der Waals surface area (Å²) in [6, 6.07) is 0. The van der Waals surface area contributed by atoms with Crippen LogP contribution in [0.1, 0.15) is 38.4 Å². The summed E-state index contributed by atoms with van der Waals surface area (Å²) in [5.41, 5.74) is 0.288. The van der Waals surface area contributed by atoms with Gasteiger partial charge in [-0.3, -0.25) is 4.68 Å². The maximum atomic E-state index is 4.45. The van der Waals surface area contributed by atoms with E-state index in [1.54, 1.807) is 6.33 Å². The fraction of sp³-hybridized carbons (Fsp3) is 0.846. The molecule has 3 nitrogen and oxygen atoms in total. The van der Waals surface area contributed by atoms with E-state index in [1.165, 1.54) is 25.7 Å². The highest BCUT2D eigenvalue weighted by atomic mass is 79.9. The normalized spacial score (nSPS) is 17.5. The van der Waals surface area contributed by atoms with Gasteiger partial charge in [0.05, 0.1) is 0 Å². The summed E-state index contributed by atoms with van der Waals surface area (Å²) in [4.78, 5) is 4.45. The second-order valence-corrected chi connectivity index (χ2v) is 6.40. The second kappa shape index (κ2) is 6.51. The average Bonchev–Trinajstić information content (AvgIpc) is 3.07. The molecule has 0 saturated heterocycles. The van der Waals surface area contributed by atoms with E-state index < -0.39 is 0 Å². The summed E-state index contributed by atoms with van der Waals surface area (Å²) in [6.45, 7) is 3.03. The molecule has 0 aromatic carbocycles. The van der Waals surface area contributed by atoms with Crippen molar-refractivity contribution in [2.24, 2.45) is 11.3 Å². The molecular weight excluding hydrogens is 358 g/mol. The molecule has 2 rings (SSSR count). The van der Waals surface area contributed by atoms with E-state index in [9.17, 15) is 0 Å². The van der Waals surface area contributed by atoms with Crippen LogP contribution in [0.5, 0.6) is 0 Å². The van der Waals surface area contributed by atoms with Gasteiger partial charge >= 0.3 is 0 Å². The van der Waals surface area contributed by atoms with Gasteiger partial charge in [-0.05, 0) is 31.1 Å². The van der Waals surface area contributed by atoms with Gasteiger partial charge in [-0.25, -0.2) is 4.98 Å². The maximum absolute atomic E-state index is 4.45. The second-order valence-electron chi connectivity index (χ2n) is 5.28. The molecule has 5 heteroatoms. The predicted molar refractivity (Wildman–Crippen MR) is 81.4 cm³/mol. The topological polar surface area (TPSA) is 30.7 Å². The third kappa shape index (κ3) is 2.82. The van der Waals surface area contributed by atoms with E-state index in [-0.39, 0.29) is 5.41 Å². The Morgan fingerprint density at radius 3 is 2.56 bits per heavy atom. The van der Waals surface area contributed by atoms with Crippen LogP contribution < -0.4 is 0 Å². The molecule has 0 bridgehead atoms. The van der Waals surface area contributed by atoms with Gasteiger partial charge in [-0.1, -0.05) is 44.7 Å². The molecule has 1 aliphatic carbocycles. The number of alkyl halides is 2. The average molecular weight is 379 g/mol. The number of nitrogens with zero attached hydrogens (tertiary/aromatic N) is 3. The Labute approximate surface area is 126 Å². The van der Waals surface area contributed by atoms with E-state index in [0.29, 0.717) is 0 Å². The van der Waals surface area contributed by atoms with Crippen molar-refractivity contribution in [1.82, 2.24) is 14.8 Å². The minimum atomic E-state index is 0.288. The van der Waals surface area contributed by atoms with Crippen LogP contribution in [0.2, 0.25) is 0 Å². The van der Waals surface area contributed by atoms with Crippen LogP contribution in [0.3, 0.4) is 0 Å². The summed E-state index contributed by atoms with van der Waals surface area (Å²) in [6.07, 6.45) is 8.18.